The summed E-state index contributed by atoms with van der Waals surface area (Å²) in [6.45, 7) is 3.19. The van der Waals surface area contributed by atoms with Crippen molar-refractivity contribution >= 4 is 40.6 Å². The normalized spacial score (nSPS) is 24.6. The van der Waals surface area contributed by atoms with Gasteiger partial charge in [-0.2, -0.15) is 0 Å². The smallest absolute Gasteiger partial charge is 0.233 e. The molecule has 1 aliphatic carbocycles. The molecule has 0 unspecified atom stereocenters. The summed E-state index contributed by atoms with van der Waals surface area (Å²) in [5.41, 5.74) is -0.138. The number of rotatable bonds is 3. The number of amides is 1. The summed E-state index contributed by atoms with van der Waals surface area (Å²) < 4.78 is 9.43. The average Bonchev–Trinajstić information content (AvgIpc) is 2.75. The fraction of sp³-hybridized carbons (Fsp3) is 0.429. The molecule has 3 rings (SSSR count). The highest BCUT2D eigenvalue weighted by Gasteiger charge is 2.67. The Labute approximate surface area is 131 Å². The van der Waals surface area contributed by atoms with E-state index >= 15 is 0 Å². The number of alkyl halides is 2. The van der Waals surface area contributed by atoms with Gasteiger partial charge in [0, 0.05) is 11.6 Å². The Morgan fingerprint density at radius 2 is 1.81 bits per heavy atom. The van der Waals surface area contributed by atoms with Crippen LogP contribution in [0.5, 0.6) is 11.5 Å². The fourth-order valence-corrected chi connectivity index (χ4v) is 2.95. The molecule has 1 aromatic carbocycles. The van der Waals surface area contributed by atoms with E-state index in [4.69, 9.17) is 32.7 Å². The number of benzene rings is 1. The maximum absolute atomic E-state index is 12.3. The monoisotopic (exact) mass is 329 g/mol. The van der Waals surface area contributed by atoms with E-state index in [1.807, 2.05) is 0 Å². The Bertz CT molecular complexity index is 659. The molecule has 1 aliphatic heterocycles. The van der Waals surface area contributed by atoms with Crippen molar-refractivity contribution in [1.29, 1.82) is 0 Å². The first-order valence-corrected chi connectivity index (χ1v) is 7.14. The lowest BCUT2D eigenvalue weighted by atomic mass is 10.1. The Kier molecular flexibility index (Phi) is 3.11. The van der Waals surface area contributed by atoms with Gasteiger partial charge in [0.15, 0.2) is 17.3 Å². The summed E-state index contributed by atoms with van der Waals surface area (Å²) in [5, 5.41) is 2.72. The van der Waals surface area contributed by atoms with Gasteiger partial charge >= 0.3 is 0 Å². The molecule has 1 fully saturated rings. The fourth-order valence-electron chi connectivity index (χ4n) is 2.24. The number of anilines is 1. The van der Waals surface area contributed by atoms with Gasteiger partial charge in [-0.05, 0) is 26.3 Å². The third-order valence-corrected chi connectivity index (χ3v) is 5.00. The van der Waals surface area contributed by atoms with Crippen molar-refractivity contribution in [3.63, 3.8) is 0 Å². The summed E-state index contributed by atoms with van der Waals surface area (Å²) in [7, 11) is 0. The number of carbonyl (C=O) groups is 2. The van der Waals surface area contributed by atoms with Crippen LogP contribution in [0.3, 0.4) is 0 Å². The number of hydrogen-bond acceptors (Lipinski definition) is 4. The lowest BCUT2D eigenvalue weighted by Crippen LogP contribution is -2.26. The van der Waals surface area contributed by atoms with Gasteiger partial charge in [0.05, 0.1) is 11.1 Å². The third-order valence-electron chi connectivity index (χ3n) is 3.90. The maximum atomic E-state index is 12.3. The molecule has 7 heteroatoms. The molecule has 0 radical (unpaired) electrons. The van der Waals surface area contributed by atoms with Gasteiger partial charge in [0.25, 0.3) is 0 Å². The molecular formula is C14H13Cl2NO4. The summed E-state index contributed by atoms with van der Waals surface area (Å²) in [6, 6.07) is 3.14. The van der Waals surface area contributed by atoms with Crippen molar-refractivity contribution in [3.8, 4) is 11.5 Å². The number of fused-ring (bicyclic) bond motifs is 1. The van der Waals surface area contributed by atoms with E-state index < -0.39 is 9.75 Å². The second-order valence-corrected chi connectivity index (χ2v) is 6.96. The van der Waals surface area contributed by atoms with Crippen molar-refractivity contribution in [2.75, 3.05) is 12.1 Å². The van der Waals surface area contributed by atoms with E-state index in [9.17, 15) is 9.59 Å². The molecule has 1 amide bonds. The first-order chi connectivity index (χ1) is 9.74. The quantitative estimate of drug-likeness (QED) is 0.683. The van der Waals surface area contributed by atoms with Gasteiger partial charge in [-0.25, -0.2) is 0 Å². The zero-order chi connectivity index (χ0) is 15.4. The molecule has 5 nitrogen and oxygen atoms in total. The minimum absolute atomic E-state index is 0.0915. The van der Waals surface area contributed by atoms with Crippen LogP contribution in [0.15, 0.2) is 12.1 Å². The largest absolute Gasteiger partial charge is 0.454 e. The summed E-state index contributed by atoms with van der Waals surface area (Å²) >= 11 is 12.0. The first-order valence-electron chi connectivity index (χ1n) is 6.38. The highest BCUT2D eigenvalue weighted by Crippen LogP contribution is 2.64. The molecule has 1 heterocycles. The minimum atomic E-state index is -1.07. The number of hydrogen-bond donors (Lipinski definition) is 1. The molecule has 0 saturated heterocycles. The van der Waals surface area contributed by atoms with Crippen LogP contribution >= 0.6 is 23.2 Å². The number of nitrogens with one attached hydrogen (secondary N) is 1. The third kappa shape index (κ3) is 2.24. The first kappa shape index (κ1) is 14.5. The summed E-state index contributed by atoms with van der Waals surface area (Å²) in [5.74, 6) is 0.459. The van der Waals surface area contributed by atoms with Crippen molar-refractivity contribution in [2.24, 2.45) is 5.41 Å². The molecule has 0 bridgehead atoms. The standard InChI is InChI=1S/C14H13Cl2NO4/c1-7(18)8-3-10-11(21-6-20-10)4-9(8)17-12(19)13(2)5-14(13,15)16/h3-4H,5-6H2,1-2H3,(H,17,19)/t13-/m1/s1. The summed E-state index contributed by atoms with van der Waals surface area (Å²) in [4.78, 5) is 24.1. The van der Waals surface area contributed by atoms with Crippen LogP contribution in [0.1, 0.15) is 30.6 Å². The molecule has 0 spiro atoms. The van der Waals surface area contributed by atoms with Gasteiger partial charge in [-0.15, -0.1) is 23.2 Å². The predicted molar refractivity (Wildman–Crippen MR) is 78.4 cm³/mol. The molecule has 112 valence electrons. The van der Waals surface area contributed by atoms with Crippen LogP contribution in [-0.2, 0) is 4.79 Å². The van der Waals surface area contributed by atoms with Crippen LogP contribution in [0, 0.1) is 5.41 Å². The highest BCUT2D eigenvalue weighted by atomic mass is 35.5. The molecule has 2 aliphatic rings. The van der Waals surface area contributed by atoms with Gasteiger partial charge in [0.1, 0.15) is 4.33 Å². The number of carbonyl (C=O) groups excluding carboxylic acids is 2. The Balaban J connectivity index is 1.92. The second-order valence-electron chi connectivity index (χ2n) is 5.47. The number of halogens is 2. The topological polar surface area (TPSA) is 64.6 Å². The van der Waals surface area contributed by atoms with Crippen molar-refractivity contribution in [1.82, 2.24) is 0 Å². The van der Waals surface area contributed by atoms with Crippen LogP contribution in [-0.4, -0.2) is 22.8 Å². The van der Waals surface area contributed by atoms with E-state index in [0.717, 1.165) is 0 Å². The van der Waals surface area contributed by atoms with Gasteiger partial charge < -0.3 is 14.8 Å². The predicted octanol–water partition coefficient (Wildman–Crippen LogP) is 3.14. The number of ketones is 1. The molecule has 1 N–H and O–H groups in total. The van der Waals surface area contributed by atoms with Crippen molar-refractivity contribution < 1.29 is 19.1 Å². The van der Waals surface area contributed by atoms with E-state index in [1.165, 1.54) is 6.92 Å². The van der Waals surface area contributed by atoms with Crippen LogP contribution in [0.2, 0.25) is 0 Å². The Hall–Kier alpha value is -1.46. The van der Waals surface area contributed by atoms with E-state index in [0.29, 0.717) is 29.2 Å². The maximum Gasteiger partial charge on any atom is 0.233 e. The number of Topliss-reactive ketones (excluding diaryl/α,β-unsaturated/α-hetero) is 1. The van der Waals surface area contributed by atoms with Gasteiger partial charge in [0.2, 0.25) is 12.7 Å². The van der Waals surface area contributed by atoms with Gasteiger partial charge in [-0.3, -0.25) is 9.59 Å². The molecule has 1 saturated carbocycles. The molecule has 0 aromatic heterocycles. The molecular weight excluding hydrogens is 317 g/mol. The zero-order valence-corrected chi connectivity index (χ0v) is 13.0. The van der Waals surface area contributed by atoms with Crippen LogP contribution < -0.4 is 14.8 Å². The Morgan fingerprint density at radius 3 is 2.33 bits per heavy atom. The molecule has 1 aromatic rings. The molecule has 21 heavy (non-hydrogen) atoms. The van der Waals surface area contributed by atoms with E-state index in [-0.39, 0.29) is 18.5 Å². The zero-order valence-electron chi connectivity index (χ0n) is 11.5. The lowest BCUT2D eigenvalue weighted by Gasteiger charge is -2.15. The molecule has 1 atom stereocenters. The van der Waals surface area contributed by atoms with E-state index in [1.54, 1.807) is 19.1 Å². The average molecular weight is 330 g/mol. The van der Waals surface area contributed by atoms with Crippen LogP contribution in [0.25, 0.3) is 0 Å². The van der Waals surface area contributed by atoms with Crippen molar-refractivity contribution in [2.45, 2.75) is 24.6 Å². The lowest BCUT2D eigenvalue weighted by molar-refractivity contribution is -0.120. The Morgan fingerprint density at radius 1 is 1.24 bits per heavy atom. The second kappa shape index (κ2) is 4.52. The minimum Gasteiger partial charge on any atom is -0.454 e. The summed E-state index contributed by atoms with van der Waals surface area (Å²) in [6.07, 6.45) is 0.370. The van der Waals surface area contributed by atoms with Crippen LogP contribution in [0.4, 0.5) is 5.69 Å². The van der Waals surface area contributed by atoms with E-state index in [2.05, 4.69) is 5.32 Å². The van der Waals surface area contributed by atoms with Crippen molar-refractivity contribution in [3.05, 3.63) is 17.7 Å². The highest BCUT2D eigenvalue weighted by molar-refractivity contribution is 6.53. The van der Waals surface area contributed by atoms with Gasteiger partial charge in [-0.1, -0.05) is 0 Å². The SMILES string of the molecule is CC(=O)c1cc2c(cc1NC(=O)[C@@]1(C)CC1(Cl)Cl)OCO2. The number of ether oxygens (including phenoxy) is 2.